The van der Waals surface area contributed by atoms with Gasteiger partial charge in [-0.2, -0.15) is 0 Å². The first-order valence-corrected chi connectivity index (χ1v) is 18.8. The van der Waals surface area contributed by atoms with Crippen molar-refractivity contribution in [3.05, 3.63) is 0 Å². The molecule has 0 aliphatic heterocycles. The average Bonchev–Trinajstić information content (AvgIpc) is 2.81. The molecule has 0 amide bonds. The van der Waals surface area contributed by atoms with Gasteiger partial charge in [-0.25, -0.2) is 0 Å². The maximum atomic E-state index is 12.1. The van der Waals surface area contributed by atoms with E-state index in [1.165, 1.54) is 128 Å². The molecule has 0 atom stereocenters. The number of Topliss-reactive ketones (excluding diaryl/α,β-unsaturated/α-hetero) is 1. The number of carbonyl (C=O) groups excluding carboxylic acids is 1. The number of unbranched alkanes of at least 4 members (excludes halogenated alkanes) is 23. The minimum atomic E-state index is -4.47. The van der Waals surface area contributed by atoms with Crippen LogP contribution in [-0.2, 0) is 12.5 Å². The zero-order valence-electron chi connectivity index (χ0n) is 23.4. The van der Waals surface area contributed by atoms with Gasteiger partial charge in [0.25, 0.3) is 0 Å². The third-order valence-electron chi connectivity index (χ3n) is 7.17. The molecule has 0 unspecified atom stereocenters. The first-order chi connectivity index (χ1) is 17.0. The van der Waals surface area contributed by atoms with Crippen molar-refractivity contribution in [1.82, 2.24) is 0 Å². The van der Waals surface area contributed by atoms with E-state index in [1.807, 2.05) is 0 Å². The molecule has 0 bridgehead atoms. The van der Waals surface area contributed by atoms with Gasteiger partial charge in [0.1, 0.15) is 5.78 Å². The first-order valence-electron chi connectivity index (χ1n) is 15.4. The van der Waals surface area contributed by atoms with Crippen LogP contribution in [0.2, 0.25) is 5.32 Å². The Hall–Kier alpha value is -0.251. The summed E-state index contributed by atoms with van der Waals surface area (Å²) in [6, 6.07) is 0. The monoisotopic (exact) mass is 564 g/mol. The Morgan fingerprint density at radius 1 is 0.457 bits per heavy atom. The van der Waals surface area contributed by atoms with Gasteiger partial charge in [0.2, 0.25) is 0 Å². The second-order valence-electron chi connectivity index (χ2n) is 10.8. The van der Waals surface area contributed by atoms with Crippen molar-refractivity contribution in [2.75, 3.05) is 0 Å². The third kappa shape index (κ3) is 31.7. The Morgan fingerprint density at radius 3 is 1.00 bits per heavy atom. The molecule has 0 aromatic rings. The van der Waals surface area contributed by atoms with Crippen LogP contribution >= 0.6 is 0 Å². The standard InChI is InChI=1S/C30H60O4Se/c1-2-3-4-5-6-7-8-9-12-15-18-21-24-27-30(31)28-25-22-19-16-13-10-11-14-17-20-23-26-29-35(32,33)34/h2-29H2,1H3,(H,32,33,34). The van der Waals surface area contributed by atoms with Crippen LogP contribution in [0.3, 0.4) is 0 Å². The summed E-state index contributed by atoms with van der Waals surface area (Å²) in [7, 11) is 0. The van der Waals surface area contributed by atoms with E-state index in [1.54, 1.807) is 0 Å². The molecule has 210 valence electrons. The van der Waals surface area contributed by atoms with Gasteiger partial charge in [-0.1, -0.05) is 84.0 Å². The fourth-order valence-electron chi connectivity index (χ4n) is 4.84. The van der Waals surface area contributed by atoms with E-state index in [0.29, 0.717) is 12.2 Å². The molecule has 35 heavy (non-hydrogen) atoms. The van der Waals surface area contributed by atoms with Crippen molar-refractivity contribution in [1.29, 1.82) is 0 Å². The SMILES string of the molecule is CCCCCCCCCCCCCCCC(=O)CCCCCCCCCCCCCC[Se](=O)(=O)O. The van der Waals surface area contributed by atoms with Gasteiger partial charge in [0.05, 0.1) is 0 Å². The van der Waals surface area contributed by atoms with Gasteiger partial charge in [-0.05, 0) is 12.8 Å². The number of rotatable bonds is 29. The molecule has 0 saturated carbocycles. The van der Waals surface area contributed by atoms with Crippen molar-refractivity contribution in [3.63, 3.8) is 0 Å². The van der Waals surface area contributed by atoms with Crippen molar-refractivity contribution in [2.45, 2.75) is 186 Å². The van der Waals surface area contributed by atoms with Crippen LogP contribution in [0.4, 0.5) is 0 Å². The predicted molar refractivity (Wildman–Crippen MR) is 149 cm³/mol. The topological polar surface area (TPSA) is 71.4 Å². The van der Waals surface area contributed by atoms with E-state index < -0.39 is 13.0 Å². The molecule has 1 N–H and O–H groups in total. The summed E-state index contributed by atoms with van der Waals surface area (Å²) >= 11 is -4.47. The summed E-state index contributed by atoms with van der Waals surface area (Å²) in [5.74, 6) is 0.478. The molecular formula is C30H60O4Se. The van der Waals surface area contributed by atoms with Crippen molar-refractivity contribution < 1.29 is 16.7 Å². The molecule has 5 heteroatoms. The van der Waals surface area contributed by atoms with Gasteiger partial charge >= 0.3 is 101 Å². The molecule has 0 heterocycles. The van der Waals surface area contributed by atoms with Gasteiger partial charge in [0, 0.05) is 12.8 Å². The van der Waals surface area contributed by atoms with Gasteiger partial charge in [-0.15, -0.1) is 0 Å². The Labute approximate surface area is 220 Å². The summed E-state index contributed by atoms with van der Waals surface area (Å²) in [4.78, 5) is 12.1. The van der Waals surface area contributed by atoms with E-state index in [-0.39, 0.29) is 5.32 Å². The number of hydrogen-bond donors (Lipinski definition) is 1. The molecule has 0 aromatic heterocycles. The Morgan fingerprint density at radius 2 is 0.714 bits per heavy atom. The minimum absolute atomic E-state index is 0.0263. The molecule has 0 fully saturated rings. The van der Waals surface area contributed by atoms with E-state index in [2.05, 4.69) is 6.92 Å². The molecule has 0 aromatic carbocycles. The summed E-state index contributed by atoms with van der Waals surface area (Å²) in [5.41, 5.74) is 0. The molecule has 0 spiro atoms. The van der Waals surface area contributed by atoms with Crippen LogP contribution in [-0.4, -0.2) is 23.0 Å². The predicted octanol–water partition coefficient (Wildman–Crippen LogP) is 9.90. The van der Waals surface area contributed by atoms with Crippen molar-refractivity contribution >= 4 is 18.8 Å². The number of ketones is 1. The summed E-state index contributed by atoms with van der Waals surface area (Å²) in [5, 5.41) is -0.0263. The van der Waals surface area contributed by atoms with Crippen LogP contribution < -0.4 is 0 Å². The van der Waals surface area contributed by atoms with Crippen LogP contribution in [0.5, 0.6) is 0 Å². The molecular weight excluding hydrogens is 503 g/mol. The first kappa shape index (κ1) is 34.7. The second-order valence-corrected chi connectivity index (χ2v) is 14.1. The Kier molecular flexibility index (Phi) is 26.6. The quantitative estimate of drug-likeness (QED) is 0.0726. The molecule has 0 saturated heterocycles. The third-order valence-corrected chi connectivity index (χ3v) is 8.86. The van der Waals surface area contributed by atoms with Crippen molar-refractivity contribution in [3.8, 4) is 0 Å². The van der Waals surface area contributed by atoms with Crippen LogP contribution in [0.15, 0.2) is 0 Å². The number of hydrogen-bond acceptors (Lipinski definition) is 3. The molecule has 0 rings (SSSR count). The van der Waals surface area contributed by atoms with E-state index in [4.69, 9.17) is 4.19 Å². The van der Waals surface area contributed by atoms with Gasteiger partial charge in [0.15, 0.2) is 0 Å². The van der Waals surface area contributed by atoms with E-state index in [0.717, 1.165) is 38.5 Å². The van der Waals surface area contributed by atoms with E-state index in [9.17, 15) is 12.5 Å². The molecule has 0 aliphatic rings. The van der Waals surface area contributed by atoms with Crippen LogP contribution in [0.1, 0.15) is 180 Å². The van der Waals surface area contributed by atoms with Crippen LogP contribution in [0.25, 0.3) is 0 Å². The summed E-state index contributed by atoms with van der Waals surface area (Å²) < 4.78 is 30.2. The Bertz CT molecular complexity index is 545. The second kappa shape index (κ2) is 26.8. The average molecular weight is 564 g/mol. The van der Waals surface area contributed by atoms with Gasteiger partial charge < -0.3 is 0 Å². The van der Waals surface area contributed by atoms with Crippen molar-refractivity contribution in [2.24, 2.45) is 0 Å². The zero-order chi connectivity index (χ0) is 25.9. The normalized spacial score (nSPS) is 11.8. The number of carbonyl (C=O) groups is 1. The fraction of sp³-hybridized carbons (Fsp3) is 0.967. The fourth-order valence-corrected chi connectivity index (χ4v) is 6.03. The zero-order valence-corrected chi connectivity index (χ0v) is 25.1. The van der Waals surface area contributed by atoms with E-state index >= 15 is 0 Å². The van der Waals surface area contributed by atoms with Gasteiger partial charge in [-0.3, -0.25) is 4.79 Å². The molecule has 4 nitrogen and oxygen atoms in total. The Balaban J connectivity index is 3.18. The van der Waals surface area contributed by atoms with Crippen LogP contribution in [0, 0.1) is 0 Å². The maximum absolute atomic E-state index is 12.1. The molecule has 0 aliphatic carbocycles. The summed E-state index contributed by atoms with van der Waals surface area (Å²) in [6.45, 7) is 2.28. The summed E-state index contributed by atoms with van der Waals surface area (Å²) in [6.07, 6.45) is 32.8. The molecule has 0 radical (unpaired) electrons.